The van der Waals surface area contributed by atoms with Gasteiger partial charge in [0.1, 0.15) is 0 Å². The molecule has 0 aromatic rings. The summed E-state index contributed by atoms with van der Waals surface area (Å²) in [6.07, 6.45) is 2.07. The van der Waals surface area contributed by atoms with E-state index in [2.05, 4.69) is 4.90 Å². The second kappa shape index (κ2) is 4.57. The van der Waals surface area contributed by atoms with Crippen LogP contribution in [0.3, 0.4) is 0 Å². The Kier molecular flexibility index (Phi) is 3.38. The molecule has 0 bridgehead atoms. The van der Waals surface area contributed by atoms with Crippen LogP contribution < -0.4 is 5.73 Å². The lowest BCUT2D eigenvalue weighted by molar-refractivity contribution is -0.153. The number of ether oxygens (including phenoxy) is 2. The third-order valence-electron chi connectivity index (χ3n) is 3.18. The molecular formula is C10H20N2O2. The zero-order chi connectivity index (χ0) is 9.86. The van der Waals surface area contributed by atoms with E-state index in [0.29, 0.717) is 0 Å². The highest BCUT2D eigenvalue weighted by molar-refractivity contribution is 4.89. The first-order valence-corrected chi connectivity index (χ1v) is 5.49. The van der Waals surface area contributed by atoms with Gasteiger partial charge in [-0.1, -0.05) is 0 Å². The van der Waals surface area contributed by atoms with Gasteiger partial charge in [0.2, 0.25) is 0 Å². The van der Waals surface area contributed by atoms with E-state index < -0.39 is 0 Å². The number of morpholine rings is 1. The largest absolute Gasteiger partial charge is 0.381 e. The van der Waals surface area contributed by atoms with Crippen molar-refractivity contribution in [2.45, 2.75) is 18.4 Å². The maximum atomic E-state index is 5.92. The SMILES string of the molecule is NCCN1CCOC2(CCOCC2)C1. The Hall–Kier alpha value is -0.160. The van der Waals surface area contributed by atoms with Crippen molar-refractivity contribution in [3.8, 4) is 0 Å². The van der Waals surface area contributed by atoms with Crippen LogP contribution in [0.4, 0.5) is 0 Å². The topological polar surface area (TPSA) is 47.7 Å². The van der Waals surface area contributed by atoms with Gasteiger partial charge in [0, 0.05) is 52.2 Å². The average molecular weight is 200 g/mol. The Bertz CT molecular complexity index is 173. The summed E-state index contributed by atoms with van der Waals surface area (Å²) in [5.41, 5.74) is 5.65. The van der Waals surface area contributed by atoms with E-state index >= 15 is 0 Å². The van der Waals surface area contributed by atoms with E-state index in [4.69, 9.17) is 15.2 Å². The summed E-state index contributed by atoms with van der Waals surface area (Å²) in [6.45, 7) is 6.33. The van der Waals surface area contributed by atoms with Crippen molar-refractivity contribution in [1.82, 2.24) is 4.90 Å². The Balaban J connectivity index is 1.91. The summed E-state index contributed by atoms with van der Waals surface area (Å²) in [4.78, 5) is 2.41. The normalized spacial score (nSPS) is 28.1. The highest BCUT2D eigenvalue weighted by Crippen LogP contribution is 2.28. The van der Waals surface area contributed by atoms with Gasteiger partial charge in [-0.25, -0.2) is 0 Å². The molecule has 2 fully saturated rings. The minimum Gasteiger partial charge on any atom is -0.381 e. The monoisotopic (exact) mass is 200 g/mol. The first-order valence-electron chi connectivity index (χ1n) is 5.49. The third kappa shape index (κ3) is 2.25. The van der Waals surface area contributed by atoms with Crippen molar-refractivity contribution >= 4 is 0 Å². The molecule has 14 heavy (non-hydrogen) atoms. The van der Waals surface area contributed by atoms with E-state index in [1.807, 2.05) is 0 Å². The van der Waals surface area contributed by atoms with Gasteiger partial charge in [0.25, 0.3) is 0 Å². The van der Waals surface area contributed by atoms with Crippen LogP contribution in [-0.4, -0.2) is 56.5 Å². The molecule has 0 aromatic heterocycles. The van der Waals surface area contributed by atoms with Crippen LogP contribution in [0.25, 0.3) is 0 Å². The van der Waals surface area contributed by atoms with Crippen LogP contribution in [-0.2, 0) is 9.47 Å². The molecule has 0 aliphatic carbocycles. The fourth-order valence-corrected chi connectivity index (χ4v) is 2.34. The third-order valence-corrected chi connectivity index (χ3v) is 3.18. The molecular weight excluding hydrogens is 180 g/mol. The minimum atomic E-state index is 0.0751. The standard InChI is InChI=1S/C10H20N2O2/c11-3-4-12-5-8-14-10(9-12)1-6-13-7-2-10/h1-9,11H2. The van der Waals surface area contributed by atoms with Gasteiger partial charge in [-0.05, 0) is 0 Å². The van der Waals surface area contributed by atoms with Gasteiger partial charge in [0.05, 0.1) is 12.2 Å². The Morgan fingerprint density at radius 2 is 2.00 bits per heavy atom. The average Bonchev–Trinajstić information content (AvgIpc) is 2.19. The van der Waals surface area contributed by atoms with Crippen molar-refractivity contribution in [3.05, 3.63) is 0 Å². The molecule has 0 atom stereocenters. The number of nitrogens with two attached hydrogens (primary N) is 1. The molecule has 0 aromatic carbocycles. The van der Waals surface area contributed by atoms with Crippen molar-refractivity contribution in [2.24, 2.45) is 5.73 Å². The lowest BCUT2D eigenvalue weighted by Crippen LogP contribution is -2.55. The lowest BCUT2D eigenvalue weighted by Gasteiger charge is -2.44. The highest BCUT2D eigenvalue weighted by atomic mass is 16.5. The van der Waals surface area contributed by atoms with Gasteiger partial charge >= 0.3 is 0 Å². The fraction of sp³-hybridized carbons (Fsp3) is 1.00. The first kappa shape index (κ1) is 10.4. The highest BCUT2D eigenvalue weighted by Gasteiger charge is 2.37. The fourth-order valence-electron chi connectivity index (χ4n) is 2.34. The summed E-state index contributed by atoms with van der Waals surface area (Å²) in [5, 5.41) is 0. The molecule has 2 aliphatic heterocycles. The molecule has 4 heteroatoms. The molecule has 4 nitrogen and oxygen atoms in total. The maximum Gasteiger partial charge on any atom is 0.0853 e. The Morgan fingerprint density at radius 3 is 2.71 bits per heavy atom. The predicted octanol–water partition coefficient (Wildman–Crippen LogP) is -0.173. The van der Waals surface area contributed by atoms with Gasteiger partial charge in [0.15, 0.2) is 0 Å². The summed E-state index contributed by atoms with van der Waals surface area (Å²) in [5.74, 6) is 0. The quantitative estimate of drug-likeness (QED) is 0.672. The molecule has 2 rings (SSSR count). The van der Waals surface area contributed by atoms with E-state index in [1.165, 1.54) is 0 Å². The van der Waals surface area contributed by atoms with Crippen LogP contribution in [0.5, 0.6) is 0 Å². The van der Waals surface area contributed by atoms with E-state index in [1.54, 1.807) is 0 Å². The lowest BCUT2D eigenvalue weighted by atomic mass is 9.92. The molecule has 1 spiro atoms. The summed E-state index contributed by atoms with van der Waals surface area (Å²) < 4.78 is 11.3. The zero-order valence-electron chi connectivity index (χ0n) is 8.71. The van der Waals surface area contributed by atoms with Crippen LogP contribution >= 0.6 is 0 Å². The van der Waals surface area contributed by atoms with Gasteiger partial charge in [-0.3, -0.25) is 4.90 Å². The molecule has 0 radical (unpaired) electrons. The number of rotatable bonds is 2. The smallest absolute Gasteiger partial charge is 0.0853 e. The van der Waals surface area contributed by atoms with E-state index in [0.717, 1.165) is 58.8 Å². The Labute approximate surface area is 85.3 Å². The first-order chi connectivity index (χ1) is 6.85. The second-order valence-corrected chi connectivity index (χ2v) is 4.21. The van der Waals surface area contributed by atoms with Crippen molar-refractivity contribution < 1.29 is 9.47 Å². The Morgan fingerprint density at radius 1 is 1.21 bits per heavy atom. The molecule has 0 amide bonds. The van der Waals surface area contributed by atoms with E-state index in [-0.39, 0.29) is 5.60 Å². The molecule has 82 valence electrons. The van der Waals surface area contributed by atoms with E-state index in [9.17, 15) is 0 Å². The number of hydrogen-bond acceptors (Lipinski definition) is 4. The van der Waals surface area contributed by atoms with Crippen molar-refractivity contribution in [2.75, 3.05) is 46.0 Å². The van der Waals surface area contributed by atoms with Crippen molar-refractivity contribution in [3.63, 3.8) is 0 Å². The second-order valence-electron chi connectivity index (χ2n) is 4.21. The minimum absolute atomic E-state index is 0.0751. The van der Waals surface area contributed by atoms with Crippen molar-refractivity contribution in [1.29, 1.82) is 0 Å². The summed E-state index contributed by atoms with van der Waals surface area (Å²) in [7, 11) is 0. The van der Waals surface area contributed by atoms with Gasteiger partial charge in [-0.2, -0.15) is 0 Å². The molecule has 2 saturated heterocycles. The molecule has 2 aliphatic rings. The molecule has 2 heterocycles. The molecule has 0 unspecified atom stereocenters. The summed E-state index contributed by atoms with van der Waals surface area (Å²) >= 11 is 0. The van der Waals surface area contributed by atoms with Crippen LogP contribution in [0.1, 0.15) is 12.8 Å². The van der Waals surface area contributed by atoms with Gasteiger partial charge < -0.3 is 15.2 Å². The maximum absolute atomic E-state index is 5.92. The zero-order valence-corrected chi connectivity index (χ0v) is 8.71. The van der Waals surface area contributed by atoms with Crippen LogP contribution in [0.2, 0.25) is 0 Å². The van der Waals surface area contributed by atoms with Gasteiger partial charge in [-0.15, -0.1) is 0 Å². The van der Waals surface area contributed by atoms with Crippen LogP contribution in [0, 0.1) is 0 Å². The number of hydrogen-bond donors (Lipinski definition) is 1. The molecule has 0 saturated carbocycles. The predicted molar refractivity (Wildman–Crippen MR) is 54.2 cm³/mol. The molecule has 2 N–H and O–H groups in total. The van der Waals surface area contributed by atoms with Crippen LogP contribution in [0.15, 0.2) is 0 Å². The summed E-state index contributed by atoms with van der Waals surface area (Å²) in [6, 6.07) is 0. The number of nitrogens with zero attached hydrogens (tertiary/aromatic N) is 1.